The van der Waals surface area contributed by atoms with Crippen LogP contribution in [0.2, 0.25) is 0 Å². The lowest BCUT2D eigenvalue weighted by Crippen LogP contribution is -2.34. The number of aliphatic carboxylic acids is 1. The highest BCUT2D eigenvalue weighted by Gasteiger charge is 2.37. The van der Waals surface area contributed by atoms with Crippen molar-refractivity contribution in [1.29, 1.82) is 0 Å². The first kappa shape index (κ1) is 13.5. The van der Waals surface area contributed by atoms with E-state index in [0.717, 1.165) is 29.4 Å². The van der Waals surface area contributed by atoms with E-state index >= 15 is 0 Å². The molecule has 1 aromatic carbocycles. The van der Waals surface area contributed by atoms with Gasteiger partial charge in [-0.1, -0.05) is 12.1 Å². The van der Waals surface area contributed by atoms with Crippen LogP contribution in [0, 0.1) is 6.92 Å². The maximum Gasteiger partial charge on any atom is 0.331 e. The van der Waals surface area contributed by atoms with Gasteiger partial charge in [0, 0.05) is 17.1 Å². The predicted octanol–water partition coefficient (Wildman–Crippen LogP) is 2.29. The average molecular weight is 284 g/mol. The summed E-state index contributed by atoms with van der Waals surface area (Å²) in [5.41, 5.74) is 2.35. The first-order valence-corrected chi connectivity index (χ1v) is 6.93. The Balaban J connectivity index is 2.04. The molecule has 5 heteroatoms. The molecule has 1 unspecified atom stereocenters. The van der Waals surface area contributed by atoms with Crippen LogP contribution in [-0.2, 0) is 9.59 Å². The lowest BCUT2D eigenvalue weighted by Gasteiger charge is -2.25. The number of benzene rings is 1. The fraction of sp³-hybridized carbons (Fsp3) is 0.312. The summed E-state index contributed by atoms with van der Waals surface area (Å²) in [6.07, 6.45) is 2.39. The number of hydrogen-bond acceptors (Lipinski definition) is 3. The van der Waals surface area contributed by atoms with E-state index in [2.05, 4.69) is 4.98 Å². The smallest absolute Gasteiger partial charge is 0.331 e. The molecular formula is C16H16N2O3. The molecule has 0 spiro atoms. The molecule has 1 atom stereocenters. The van der Waals surface area contributed by atoms with Crippen LogP contribution in [0.3, 0.4) is 0 Å². The second-order valence-corrected chi connectivity index (χ2v) is 5.43. The Morgan fingerprint density at radius 1 is 1.38 bits per heavy atom. The summed E-state index contributed by atoms with van der Waals surface area (Å²) >= 11 is 0. The third kappa shape index (κ3) is 2.59. The maximum atomic E-state index is 11.6. The Bertz CT molecular complexity index is 710. The first-order valence-electron chi connectivity index (χ1n) is 6.93. The molecule has 1 heterocycles. The van der Waals surface area contributed by atoms with Crippen molar-refractivity contribution in [3.63, 3.8) is 0 Å². The van der Waals surface area contributed by atoms with Crippen LogP contribution in [0.1, 0.15) is 30.1 Å². The van der Waals surface area contributed by atoms with Gasteiger partial charge in [0.1, 0.15) is 0 Å². The van der Waals surface area contributed by atoms with Crippen molar-refractivity contribution >= 4 is 23.3 Å². The zero-order valence-corrected chi connectivity index (χ0v) is 11.7. The number of aromatic nitrogens is 1. The van der Waals surface area contributed by atoms with Crippen LogP contribution in [-0.4, -0.2) is 33.4 Å². The number of carboxylic acid groups (broad SMARTS) is 1. The third-order valence-electron chi connectivity index (χ3n) is 3.79. The SMILES string of the molecule is Cc1ccc2cc(C(C(=O)O)N(C=O)C3CC3)ccc2n1. The van der Waals surface area contributed by atoms with Crippen LogP contribution in [0.25, 0.3) is 10.9 Å². The van der Waals surface area contributed by atoms with Crippen LogP contribution in [0.15, 0.2) is 30.3 Å². The number of aryl methyl sites for hydroxylation is 1. The Morgan fingerprint density at radius 3 is 2.76 bits per heavy atom. The van der Waals surface area contributed by atoms with Crippen molar-refractivity contribution in [1.82, 2.24) is 9.88 Å². The molecule has 1 saturated carbocycles. The fourth-order valence-corrected chi connectivity index (χ4v) is 2.59. The van der Waals surface area contributed by atoms with E-state index in [4.69, 9.17) is 0 Å². The lowest BCUT2D eigenvalue weighted by molar-refractivity contribution is -0.147. The Labute approximate surface area is 122 Å². The highest BCUT2D eigenvalue weighted by Crippen LogP contribution is 2.34. The summed E-state index contributed by atoms with van der Waals surface area (Å²) < 4.78 is 0. The van der Waals surface area contributed by atoms with E-state index < -0.39 is 12.0 Å². The number of fused-ring (bicyclic) bond motifs is 1. The van der Waals surface area contributed by atoms with Crippen LogP contribution in [0.4, 0.5) is 0 Å². The van der Waals surface area contributed by atoms with Crippen LogP contribution in [0.5, 0.6) is 0 Å². The first-order chi connectivity index (χ1) is 10.1. The summed E-state index contributed by atoms with van der Waals surface area (Å²) in [5.74, 6) is -1.01. The van der Waals surface area contributed by atoms with Crippen LogP contribution < -0.4 is 0 Å². The minimum absolute atomic E-state index is 0.0513. The maximum absolute atomic E-state index is 11.6. The molecule has 108 valence electrons. The Kier molecular flexibility index (Phi) is 3.33. The molecule has 21 heavy (non-hydrogen) atoms. The van der Waals surface area contributed by atoms with E-state index in [0.29, 0.717) is 12.0 Å². The monoisotopic (exact) mass is 284 g/mol. The summed E-state index contributed by atoms with van der Waals surface area (Å²) in [4.78, 5) is 28.7. The Hall–Kier alpha value is -2.43. The van der Waals surface area contributed by atoms with Gasteiger partial charge >= 0.3 is 5.97 Å². The van der Waals surface area contributed by atoms with E-state index in [1.165, 1.54) is 4.90 Å². The predicted molar refractivity (Wildman–Crippen MR) is 77.8 cm³/mol. The number of amides is 1. The Morgan fingerprint density at radius 2 is 2.14 bits per heavy atom. The minimum atomic E-state index is -1.01. The highest BCUT2D eigenvalue weighted by molar-refractivity contribution is 5.84. The molecule has 0 saturated heterocycles. The van der Waals surface area contributed by atoms with Crippen molar-refractivity contribution < 1.29 is 14.7 Å². The van der Waals surface area contributed by atoms with Gasteiger partial charge in [-0.15, -0.1) is 0 Å². The van der Waals surface area contributed by atoms with Crippen molar-refractivity contribution in [2.45, 2.75) is 31.8 Å². The highest BCUT2D eigenvalue weighted by atomic mass is 16.4. The summed E-state index contributed by atoms with van der Waals surface area (Å²) in [6.45, 7) is 1.91. The van der Waals surface area contributed by atoms with Crippen molar-refractivity contribution in [3.05, 3.63) is 41.6 Å². The zero-order chi connectivity index (χ0) is 15.0. The summed E-state index contributed by atoms with van der Waals surface area (Å²) in [7, 11) is 0. The van der Waals surface area contributed by atoms with E-state index in [-0.39, 0.29) is 6.04 Å². The third-order valence-corrected chi connectivity index (χ3v) is 3.79. The van der Waals surface area contributed by atoms with E-state index in [9.17, 15) is 14.7 Å². The molecule has 5 nitrogen and oxygen atoms in total. The molecular weight excluding hydrogens is 268 g/mol. The number of carbonyl (C=O) groups is 2. The second kappa shape index (κ2) is 5.16. The van der Waals surface area contributed by atoms with Crippen LogP contribution >= 0.6 is 0 Å². The second-order valence-electron chi connectivity index (χ2n) is 5.43. The largest absolute Gasteiger partial charge is 0.479 e. The molecule has 1 fully saturated rings. The van der Waals surface area contributed by atoms with Crippen molar-refractivity contribution in [2.24, 2.45) is 0 Å². The zero-order valence-electron chi connectivity index (χ0n) is 11.7. The number of pyridine rings is 1. The molecule has 0 aliphatic heterocycles. The van der Waals surface area contributed by atoms with Gasteiger partial charge in [-0.3, -0.25) is 9.78 Å². The molecule has 3 rings (SSSR count). The number of rotatable bonds is 5. The van der Waals surface area contributed by atoms with E-state index in [1.807, 2.05) is 25.1 Å². The topological polar surface area (TPSA) is 70.5 Å². The summed E-state index contributed by atoms with van der Waals surface area (Å²) in [6, 6.07) is 8.29. The van der Waals surface area contributed by atoms with Gasteiger partial charge in [0.2, 0.25) is 6.41 Å². The number of nitrogens with zero attached hydrogens (tertiary/aromatic N) is 2. The standard InChI is InChI=1S/C16H16N2O3/c1-10-2-3-11-8-12(4-7-14(11)17-10)15(16(20)21)18(9-19)13-5-6-13/h2-4,7-9,13,15H,5-6H2,1H3,(H,20,21). The van der Waals surface area contributed by atoms with Gasteiger partial charge < -0.3 is 10.0 Å². The quantitative estimate of drug-likeness (QED) is 0.855. The number of hydrogen-bond donors (Lipinski definition) is 1. The number of carboxylic acids is 1. The van der Waals surface area contributed by atoms with Gasteiger partial charge in [0.05, 0.1) is 5.52 Å². The van der Waals surface area contributed by atoms with Gasteiger partial charge in [0.15, 0.2) is 6.04 Å². The summed E-state index contributed by atoms with van der Waals surface area (Å²) in [5, 5.41) is 10.4. The molecule has 1 aliphatic rings. The molecule has 1 aromatic heterocycles. The molecule has 2 aromatic rings. The molecule has 1 aliphatic carbocycles. The van der Waals surface area contributed by atoms with Crippen molar-refractivity contribution in [3.8, 4) is 0 Å². The number of carbonyl (C=O) groups excluding carboxylic acids is 1. The van der Waals surface area contributed by atoms with Gasteiger partial charge in [0.25, 0.3) is 0 Å². The molecule has 0 radical (unpaired) electrons. The average Bonchev–Trinajstić information content (AvgIpc) is 3.28. The van der Waals surface area contributed by atoms with Gasteiger partial charge in [-0.25, -0.2) is 4.79 Å². The van der Waals surface area contributed by atoms with Gasteiger partial charge in [-0.05, 0) is 43.5 Å². The fourth-order valence-electron chi connectivity index (χ4n) is 2.59. The van der Waals surface area contributed by atoms with Crippen molar-refractivity contribution in [2.75, 3.05) is 0 Å². The lowest BCUT2D eigenvalue weighted by atomic mass is 10.0. The van der Waals surface area contributed by atoms with Gasteiger partial charge in [-0.2, -0.15) is 0 Å². The van der Waals surface area contributed by atoms with E-state index in [1.54, 1.807) is 12.1 Å². The molecule has 0 bridgehead atoms. The minimum Gasteiger partial charge on any atom is -0.479 e. The normalized spacial score (nSPS) is 15.7. The molecule has 1 amide bonds. The molecule has 1 N–H and O–H groups in total.